The van der Waals surface area contributed by atoms with Crippen molar-refractivity contribution in [3.63, 3.8) is 0 Å². The maximum absolute atomic E-state index is 11.9. The van der Waals surface area contributed by atoms with Gasteiger partial charge >= 0.3 is 0 Å². The molecule has 0 radical (unpaired) electrons. The Balaban J connectivity index is -0.0000000401. The first-order valence-corrected chi connectivity index (χ1v) is 6.48. The second-order valence-electron chi connectivity index (χ2n) is 5.26. The van der Waals surface area contributed by atoms with E-state index in [1.807, 2.05) is 13.8 Å². The number of ether oxygens (including phenoxy) is 1. The molecule has 0 spiro atoms. The van der Waals surface area contributed by atoms with E-state index >= 15 is 0 Å². The predicted molar refractivity (Wildman–Crippen MR) is 93.0 cm³/mol. The molecule has 0 N–H and O–H groups in total. The van der Waals surface area contributed by atoms with Crippen molar-refractivity contribution in [2.75, 3.05) is 19.2 Å². The molecule has 0 fully saturated rings. The van der Waals surface area contributed by atoms with Crippen molar-refractivity contribution in [2.45, 2.75) is 61.5 Å². The summed E-state index contributed by atoms with van der Waals surface area (Å²) >= 11 is 5.65. The van der Waals surface area contributed by atoms with Gasteiger partial charge in [-0.15, -0.1) is 24.0 Å². The fourth-order valence-corrected chi connectivity index (χ4v) is 0.528. The zero-order chi connectivity index (χ0) is 17.7. The van der Waals surface area contributed by atoms with Crippen LogP contribution in [-0.2, 0) is 25.8 Å². The van der Waals surface area contributed by atoms with E-state index < -0.39 is 18.7 Å². The van der Waals surface area contributed by atoms with E-state index in [-0.39, 0.29) is 66.2 Å². The normalized spacial score (nSPS) is 10.4. The van der Waals surface area contributed by atoms with Gasteiger partial charge in [-0.3, -0.25) is 0 Å². The summed E-state index contributed by atoms with van der Waals surface area (Å²) in [6.45, 7) is 7.49. The molecule has 0 saturated carbocycles. The Morgan fingerprint density at radius 1 is 1.12 bits per heavy atom. The third-order valence-corrected chi connectivity index (χ3v) is 2.13. The summed E-state index contributed by atoms with van der Waals surface area (Å²) in [5.74, 6) is -1.97. The molecule has 160 valence electrons. The van der Waals surface area contributed by atoms with Crippen molar-refractivity contribution < 1.29 is 52.1 Å². The maximum atomic E-state index is 11.9. The predicted octanol–water partition coefficient (Wildman–Crippen LogP) is 7.48. The first-order chi connectivity index (χ1) is 9.29. The van der Waals surface area contributed by atoms with Gasteiger partial charge < -0.3 is 9.13 Å². The van der Waals surface area contributed by atoms with Crippen LogP contribution in [0, 0.1) is 11.7 Å². The van der Waals surface area contributed by atoms with Crippen molar-refractivity contribution in [3.05, 3.63) is 12.4 Å². The molecule has 0 aromatic heterocycles. The minimum Gasteiger partial charge on any atom is -0.453 e. The van der Waals surface area contributed by atoms with Crippen LogP contribution in [0.25, 0.3) is 0 Å². The molecular weight excluding hydrogens is 565 g/mol. The maximum Gasteiger partial charge on any atom is 0.242 e. The summed E-state index contributed by atoms with van der Waals surface area (Å²) in [5, 5.41) is 0. The first kappa shape index (κ1) is 44.8. The molecule has 0 rings (SSSR count). The second-order valence-corrected chi connectivity index (χ2v) is 5.52. The van der Waals surface area contributed by atoms with Crippen LogP contribution in [0.1, 0.15) is 49.5 Å². The average Bonchev–Trinajstić information content (AvgIpc) is 2.34. The van der Waals surface area contributed by atoms with Gasteiger partial charge in [0.15, 0.2) is 0 Å². The topological polar surface area (TPSA) is 9.23 Å². The van der Waals surface area contributed by atoms with Crippen LogP contribution in [0.4, 0.5) is 26.3 Å². The molecule has 0 heterocycles. The smallest absolute Gasteiger partial charge is 0.242 e. The second kappa shape index (κ2) is 24.5. The fourth-order valence-electron chi connectivity index (χ4n) is 0.451. The summed E-state index contributed by atoms with van der Waals surface area (Å²) in [5.41, 5.74) is -0.0506. The molecule has 0 bridgehead atoms. The minimum absolute atomic E-state index is 0. The van der Waals surface area contributed by atoms with E-state index in [4.69, 9.17) is 16.3 Å². The van der Waals surface area contributed by atoms with Crippen LogP contribution in [0.2, 0.25) is 0 Å². The van der Waals surface area contributed by atoms with Crippen LogP contribution >= 0.6 is 24.0 Å². The van der Waals surface area contributed by atoms with Crippen molar-refractivity contribution >= 4 is 24.0 Å². The monoisotopic (exact) mass is 595 g/mol. The first-order valence-electron chi connectivity index (χ1n) is 5.95. The number of halogens is 8. The molecule has 1 atom stereocenters. The minimum atomic E-state index is -2.50. The Labute approximate surface area is 174 Å². The largest absolute Gasteiger partial charge is 0.453 e. The number of rotatable bonds is 5. The number of alkyl halides is 4. The Hall–Kier alpha value is 0.548. The molecule has 10 heteroatoms. The van der Waals surface area contributed by atoms with Crippen LogP contribution in [0.5, 0.6) is 0 Å². The van der Waals surface area contributed by atoms with Gasteiger partial charge in [-0.25, -0.2) is 28.3 Å². The standard InChI is InChI=1S/C8H16ClFO.C3H6F2.C2F3.2CH4.ClH.W/c1-7(4-10)11-6-8(2,3)5-9;1-3(2,4)5;3-1-2(4)5;;;;/h7H,4-6H2,1-3H3;1-2H3;;2*1H4;1H;/q;;-1;;;;. The molecule has 0 aromatic rings. The molecule has 1 unspecified atom stereocenters. The third kappa shape index (κ3) is 68.0. The van der Waals surface area contributed by atoms with E-state index in [0.717, 1.165) is 13.8 Å². The van der Waals surface area contributed by atoms with Gasteiger partial charge in [0.2, 0.25) is 5.92 Å². The van der Waals surface area contributed by atoms with Crippen LogP contribution in [0.3, 0.4) is 0 Å². The van der Waals surface area contributed by atoms with E-state index in [2.05, 4.69) is 0 Å². The summed E-state index contributed by atoms with van der Waals surface area (Å²) in [7, 11) is 0. The zero-order valence-corrected chi connectivity index (χ0v) is 18.1. The van der Waals surface area contributed by atoms with Crippen molar-refractivity contribution in [2.24, 2.45) is 5.41 Å². The quantitative estimate of drug-likeness (QED) is 0.182. The van der Waals surface area contributed by atoms with Gasteiger partial charge in [-0.1, -0.05) is 28.7 Å². The molecule has 0 amide bonds. The van der Waals surface area contributed by atoms with Gasteiger partial charge in [-0.05, 0) is 20.8 Å². The van der Waals surface area contributed by atoms with Crippen molar-refractivity contribution in [1.82, 2.24) is 0 Å². The van der Waals surface area contributed by atoms with E-state index in [9.17, 15) is 26.3 Å². The third-order valence-electron chi connectivity index (χ3n) is 1.41. The average molecular weight is 596 g/mol. The van der Waals surface area contributed by atoms with Gasteiger partial charge in [-0.2, -0.15) is 0 Å². The van der Waals surface area contributed by atoms with Gasteiger partial charge in [0, 0.05) is 32.4 Å². The van der Waals surface area contributed by atoms with Gasteiger partial charge in [0.05, 0.1) is 12.7 Å². The molecule has 1 nitrogen and oxygen atoms in total. The zero-order valence-electron chi connectivity index (χ0n) is 13.6. The summed E-state index contributed by atoms with van der Waals surface area (Å²) in [6, 6.07) is 0. The van der Waals surface area contributed by atoms with E-state index in [1.165, 1.54) is 0 Å². The molecule has 0 aromatic carbocycles. The molecule has 0 aliphatic heterocycles. The molecule has 0 aliphatic rings. The summed E-state index contributed by atoms with van der Waals surface area (Å²) in [4.78, 5) is 0. The van der Waals surface area contributed by atoms with Crippen LogP contribution < -0.4 is 0 Å². The Morgan fingerprint density at radius 2 is 1.40 bits per heavy atom. The number of hydrogen-bond acceptors (Lipinski definition) is 1. The molecule has 25 heavy (non-hydrogen) atoms. The van der Waals surface area contributed by atoms with Gasteiger partial charge in [0.1, 0.15) is 12.8 Å². The Kier molecular flexibility index (Phi) is 43.9. The van der Waals surface area contributed by atoms with E-state index in [0.29, 0.717) is 12.5 Å². The Morgan fingerprint density at radius 3 is 1.56 bits per heavy atom. The summed E-state index contributed by atoms with van der Waals surface area (Å²) in [6.07, 6.45) is -2.61. The fraction of sp³-hybridized carbons (Fsp3) is 0.867. The summed E-state index contributed by atoms with van der Waals surface area (Å²) < 4.78 is 69.6. The molecule has 0 aliphatic carbocycles. The Bertz CT molecular complexity index is 267. The van der Waals surface area contributed by atoms with Crippen LogP contribution in [0.15, 0.2) is 6.08 Å². The van der Waals surface area contributed by atoms with Crippen molar-refractivity contribution in [1.29, 1.82) is 0 Å². The molecular formula is C15H31Cl2F6OW-. The van der Waals surface area contributed by atoms with Gasteiger partial charge in [0.25, 0.3) is 0 Å². The van der Waals surface area contributed by atoms with E-state index in [1.54, 1.807) is 6.92 Å². The SMILES string of the molecule is C.C.CC(C)(F)F.CC(CF)OCC(C)(C)CCl.Cl.F[C-]=C(F)F.[W]. The van der Waals surface area contributed by atoms with Crippen LogP contribution in [-0.4, -0.2) is 31.2 Å². The molecule has 0 saturated heterocycles. The number of hydrogen-bond donors (Lipinski definition) is 0. The van der Waals surface area contributed by atoms with Crippen molar-refractivity contribution in [3.8, 4) is 0 Å².